The maximum atomic E-state index is 6.14. The predicted octanol–water partition coefficient (Wildman–Crippen LogP) is 9.81. The summed E-state index contributed by atoms with van der Waals surface area (Å²) in [4.78, 5) is 0. The molecule has 2 heteroatoms. The summed E-state index contributed by atoms with van der Waals surface area (Å²) in [6.45, 7) is 0. The second-order valence-corrected chi connectivity index (χ2v) is 10.2. The minimum absolute atomic E-state index is 0.896. The topological polar surface area (TPSA) is 14.2 Å². The smallest absolute Gasteiger partial charge is 0.131 e. The first-order valence-electron chi connectivity index (χ1n) is 13.4. The highest BCUT2D eigenvalue weighted by molar-refractivity contribution is 6.10. The normalized spacial score (nSPS) is 12.2. The van der Waals surface area contributed by atoms with Gasteiger partial charge in [0.1, 0.15) is 11.5 Å². The monoisotopic (exact) mass is 499 g/mol. The van der Waals surface area contributed by atoms with Crippen molar-refractivity contribution in [1.82, 2.24) is 4.57 Å². The third-order valence-corrected chi connectivity index (χ3v) is 7.87. The minimum atomic E-state index is 0.896. The van der Waals surface area contributed by atoms with Gasteiger partial charge in [0.2, 0.25) is 0 Å². The summed E-state index contributed by atoms with van der Waals surface area (Å²) in [5, 5.41) is 2.55. The summed E-state index contributed by atoms with van der Waals surface area (Å²) < 4.78 is 8.51. The van der Waals surface area contributed by atoms with E-state index in [9.17, 15) is 0 Å². The lowest BCUT2D eigenvalue weighted by atomic mass is 9.95. The van der Waals surface area contributed by atoms with Gasteiger partial charge in [-0.1, -0.05) is 97.1 Å². The third-order valence-electron chi connectivity index (χ3n) is 7.87. The molecular weight excluding hydrogens is 474 g/mol. The molecular formula is C37H25NO. The highest BCUT2D eigenvalue weighted by Gasteiger charge is 2.17. The number of nitrogens with zero attached hydrogens (tertiary/aromatic N) is 1. The maximum Gasteiger partial charge on any atom is 0.131 e. The fourth-order valence-electron chi connectivity index (χ4n) is 5.93. The van der Waals surface area contributed by atoms with Gasteiger partial charge in [0.15, 0.2) is 0 Å². The molecule has 0 N–H and O–H groups in total. The van der Waals surface area contributed by atoms with Crippen molar-refractivity contribution in [2.45, 2.75) is 6.42 Å². The van der Waals surface area contributed by atoms with Crippen LogP contribution in [0, 0.1) is 0 Å². The van der Waals surface area contributed by atoms with Crippen LogP contribution in [0.2, 0.25) is 0 Å². The molecule has 1 aliphatic heterocycles. The Morgan fingerprint density at radius 1 is 0.436 bits per heavy atom. The number of hydrogen-bond acceptors (Lipinski definition) is 1. The molecule has 0 aliphatic carbocycles. The van der Waals surface area contributed by atoms with Gasteiger partial charge in [-0.15, -0.1) is 0 Å². The Morgan fingerprint density at radius 3 is 1.90 bits per heavy atom. The first-order chi connectivity index (χ1) is 19.3. The highest BCUT2D eigenvalue weighted by Crippen LogP contribution is 2.39. The van der Waals surface area contributed by atoms with E-state index in [-0.39, 0.29) is 0 Å². The maximum absolute atomic E-state index is 6.14. The second-order valence-electron chi connectivity index (χ2n) is 10.2. The van der Waals surface area contributed by atoms with E-state index in [1.54, 1.807) is 0 Å². The molecule has 0 saturated heterocycles. The fourth-order valence-corrected chi connectivity index (χ4v) is 5.93. The molecule has 0 fully saturated rings. The van der Waals surface area contributed by atoms with E-state index in [1.165, 1.54) is 60.9 Å². The second kappa shape index (κ2) is 8.75. The van der Waals surface area contributed by atoms with Crippen molar-refractivity contribution in [3.05, 3.63) is 151 Å². The Labute approximate surface area is 227 Å². The number of ether oxygens (including phenoxy) is 1. The summed E-state index contributed by atoms with van der Waals surface area (Å²) in [5.41, 5.74) is 10.9. The van der Waals surface area contributed by atoms with E-state index < -0.39 is 0 Å². The molecule has 2 heterocycles. The zero-order valence-electron chi connectivity index (χ0n) is 21.3. The molecule has 0 amide bonds. The van der Waals surface area contributed by atoms with Crippen molar-refractivity contribution < 1.29 is 4.74 Å². The molecule has 0 unspecified atom stereocenters. The van der Waals surface area contributed by atoms with Gasteiger partial charge in [0.25, 0.3) is 0 Å². The third kappa shape index (κ3) is 3.65. The summed E-state index contributed by atoms with van der Waals surface area (Å²) in [6, 6.07) is 49.9. The summed E-state index contributed by atoms with van der Waals surface area (Å²) in [7, 11) is 0. The van der Waals surface area contributed by atoms with E-state index in [2.05, 4.69) is 132 Å². The van der Waals surface area contributed by atoms with Gasteiger partial charge in [-0.3, -0.25) is 0 Å². The molecule has 0 radical (unpaired) electrons. The van der Waals surface area contributed by atoms with Crippen molar-refractivity contribution in [2.75, 3.05) is 0 Å². The van der Waals surface area contributed by atoms with Crippen LogP contribution in [-0.4, -0.2) is 4.57 Å². The average Bonchev–Trinajstić information content (AvgIpc) is 3.34. The number of rotatable bonds is 3. The largest absolute Gasteiger partial charge is 0.457 e. The summed E-state index contributed by atoms with van der Waals surface area (Å²) in [6.07, 6.45) is 0.896. The average molecular weight is 500 g/mol. The van der Waals surface area contributed by atoms with E-state index in [1.807, 2.05) is 12.1 Å². The molecule has 184 valence electrons. The van der Waals surface area contributed by atoms with Crippen LogP contribution < -0.4 is 4.74 Å². The first kappa shape index (κ1) is 22.0. The van der Waals surface area contributed by atoms with E-state index >= 15 is 0 Å². The fraction of sp³-hybridized carbons (Fsp3) is 0.0270. The molecule has 6 aromatic carbocycles. The molecule has 8 rings (SSSR count). The van der Waals surface area contributed by atoms with Crippen molar-refractivity contribution in [2.24, 2.45) is 0 Å². The number of benzene rings is 6. The number of hydrogen-bond donors (Lipinski definition) is 0. The Kier molecular flexibility index (Phi) is 4.92. The summed E-state index contributed by atoms with van der Waals surface area (Å²) >= 11 is 0. The molecule has 39 heavy (non-hydrogen) atoms. The quantitative estimate of drug-likeness (QED) is 0.236. The highest BCUT2D eigenvalue weighted by atomic mass is 16.5. The lowest BCUT2D eigenvalue weighted by Gasteiger charge is -2.20. The van der Waals surface area contributed by atoms with Crippen LogP contribution in [0.15, 0.2) is 140 Å². The molecule has 2 nitrogen and oxygen atoms in total. The molecule has 0 saturated carbocycles. The SMILES string of the molecule is c1ccc(-n2c3ccccc3c3ccc(-c4ccc(-c5ccc6c(c5)Cc5ccccc5O6)cc4)cc32)cc1. The summed E-state index contributed by atoms with van der Waals surface area (Å²) in [5.74, 6) is 1.92. The van der Waals surface area contributed by atoms with Crippen LogP contribution in [0.4, 0.5) is 0 Å². The Hall–Kier alpha value is -5.08. The standard InChI is InChI=1S/C37H25NO/c1-2-9-31(10-3-1)38-34-12-6-5-11-32(34)33-20-18-28(24-35(33)38)26-16-14-25(15-17-26)27-19-21-37-30(22-27)23-29-8-4-7-13-36(29)39-37/h1-22,24H,23H2. The van der Waals surface area contributed by atoms with Crippen LogP contribution >= 0.6 is 0 Å². The van der Waals surface area contributed by atoms with E-state index in [4.69, 9.17) is 4.74 Å². The molecule has 1 aromatic heterocycles. The van der Waals surface area contributed by atoms with Gasteiger partial charge in [-0.05, 0) is 75.8 Å². The number of para-hydroxylation sites is 3. The zero-order chi connectivity index (χ0) is 25.8. The van der Waals surface area contributed by atoms with Crippen molar-refractivity contribution in [3.63, 3.8) is 0 Å². The Morgan fingerprint density at radius 2 is 1.05 bits per heavy atom. The van der Waals surface area contributed by atoms with Crippen LogP contribution in [0.1, 0.15) is 11.1 Å². The van der Waals surface area contributed by atoms with Gasteiger partial charge in [0, 0.05) is 22.9 Å². The Bertz CT molecular complexity index is 2000. The Balaban J connectivity index is 1.17. The predicted molar refractivity (Wildman–Crippen MR) is 161 cm³/mol. The molecule has 7 aromatic rings. The van der Waals surface area contributed by atoms with Crippen LogP contribution in [0.5, 0.6) is 11.5 Å². The zero-order valence-corrected chi connectivity index (χ0v) is 21.3. The number of aromatic nitrogens is 1. The first-order valence-corrected chi connectivity index (χ1v) is 13.4. The lowest BCUT2D eigenvalue weighted by molar-refractivity contribution is 0.460. The van der Waals surface area contributed by atoms with E-state index in [0.29, 0.717) is 0 Å². The van der Waals surface area contributed by atoms with E-state index in [0.717, 1.165) is 17.9 Å². The number of fused-ring (bicyclic) bond motifs is 5. The van der Waals surface area contributed by atoms with Gasteiger partial charge >= 0.3 is 0 Å². The van der Waals surface area contributed by atoms with Crippen molar-refractivity contribution in [1.29, 1.82) is 0 Å². The van der Waals surface area contributed by atoms with Gasteiger partial charge in [-0.25, -0.2) is 0 Å². The van der Waals surface area contributed by atoms with Gasteiger partial charge in [0.05, 0.1) is 11.0 Å². The van der Waals surface area contributed by atoms with Crippen LogP contribution in [-0.2, 0) is 6.42 Å². The molecule has 0 atom stereocenters. The lowest BCUT2D eigenvalue weighted by Crippen LogP contribution is -2.02. The molecule has 0 bridgehead atoms. The van der Waals surface area contributed by atoms with Crippen molar-refractivity contribution in [3.8, 4) is 39.4 Å². The molecule has 1 aliphatic rings. The van der Waals surface area contributed by atoms with Crippen LogP contribution in [0.3, 0.4) is 0 Å². The van der Waals surface area contributed by atoms with Crippen LogP contribution in [0.25, 0.3) is 49.7 Å². The van der Waals surface area contributed by atoms with Gasteiger partial charge < -0.3 is 9.30 Å². The molecule has 0 spiro atoms. The van der Waals surface area contributed by atoms with Gasteiger partial charge in [-0.2, -0.15) is 0 Å². The minimum Gasteiger partial charge on any atom is -0.457 e. The van der Waals surface area contributed by atoms with Crippen molar-refractivity contribution >= 4 is 21.8 Å².